The van der Waals surface area contributed by atoms with Gasteiger partial charge < -0.3 is 10.2 Å². The number of benzene rings is 1. The van der Waals surface area contributed by atoms with E-state index >= 15 is 0 Å². The molecular formula is C13H15N3S. The Labute approximate surface area is 105 Å². The van der Waals surface area contributed by atoms with E-state index in [9.17, 15) is 0 Å². The third-order valence-electron chi connectivity index (χ3n) is 3.08. The van der Waals surface area contributed by atoms with Crippen LogP contribution >= 0.6 is 11.3 Å². The zero-order valence-corrected chi connectivity index (χ0v) is 10.8. The summed E-state index contributed by atoms with van der Waals surface area (Å²) in [5, 5.41) is 6.53. The number of anilines is 3. The van der Waals surface area contributed by atoms with Crippen molar-refractivity contribution in [2.24, 2.45) is 0 Å². The molecule has 0 amide bonds. The fourth-order valence-corrected chi connectivity index (χ4v) is 2.88. The van der Waals surface area contributed by atoms with Crippen LogP contribution in [0.2, 0.25) is 0 Å². The highest BCUT2D eigenvalue weighted by molar-refractivity contribution is 7.13. The highest BCUT2D eigenvalue weighted by Crippen LogP contribution is 2.31. The standard InChI is InChI=1S/C13H15N3S/c1-9-8-17-13(15-9)16(2)11-4-3-10-5-6-14-12(10)7-11/h3-4,7-8,14H,5-6H2,1-2H3. The first-order valence-corrected chi connectivity index (χ1v) is 6.64. The predicted molar refractivity (Wildman–Crippen MR) is 73.5 cm³/mol. The van der Waals surface area contributed by atoms with E-state index in [2.05, 4.69) is 45.8 Å². The average molecular weight is 245 g/mol. The van der Waals surface area contributed by atoms with Gasteiger partial charge in [0, 0.05) is 30.3 Å². The van der Waals surface area contributed by atoms with Crippen molar-refractivity contribution in [3.8, 4) is 0 Å². The molecule has 1 N–H and O–H groups in total. The Kier molecular flexibility index (Phi) is 2.52. The molecule has 1 aliphatic rings. The topological polar surface area (TPSA) is 28.2 Å². The van der Waals surface area contributed by atoms with Gasteiger partial charge in [0.2, 0.25) is 0 Å². The lowest BCUT2D eigenvalue weighted by molar-refractivity contribution is 1.10. The van der Waals surface area contributed by atoms with E-state index in [1.165, 1.54) is 16.9 Å². The van der Waals surface area contributed by atoms with Crippen LogP contribution in [-0.4, -0.2) is 18.6 Å². The highest BCUT2D eigenvalue weighted by Gasteiger charge is 2.13. The van der Waals surface area contributed by atoms with Gasteiger partial charge >= 0.3 is 0 Å². The smallest absolute Gasteiger partial charge is 0.189 e. The lowest BCUT2D eigenvalue weighted by Crippen LogP contribution is -2.09. The molecule has 88 valence electrons. The molecule has 2 aromatic rings. The Balaban J connectivity index is 1.94. The summed E-state index contributed by atoms with van der Waals surface area (Å²) in [6.45, 7) is 3.08. The SMILES string of the molecule is Cc1csc(N(C)c2ccc3c(c2)NCC3)n1. The first-order valence-electron chi connectivity index (χ1n) is 5.77. The van der Waals surface area contributed by atoms with Gasteiger partial charge in [-0.25, -0.2) is 4.98 Å². The van der Waals surface area contributed by atoms with Gasteiger partial charge in [-0.05, 0) is 31.0 Å². The van der Waals surface area contributed by atoms with Gasteiger partial charge in [-0.2, -0.15) is 0 Å². The summed E-state index contributed by atoms with van der Waals surface area (Å²) in [5.41, 5.74) is 4.95. The second kappa shape index (κ2) is 4.04. The molecule has 0 bridgehead atoms. The van der Waals surface area contributed by atoms with Crippen molar-refractivity contribution >= 4 is 27.8 Å². The molecule has 0 saturated carbocycles. The summed E-state index contributed by atoms with van der Waals surface area (Å²) in [7, 11) is 2.06. The zero-order chi connectivity index (χ0) is 11.8. The molecule has 3 nitrogen and oxygen atoms in total. The Morgan fingerprint density at radius 2 is 2.29 bits per heavy atom. The van der Waals surface area contributed by atoms with Gasteiger partial charge in [0.25, 0.3) is 0 Å². The molecule has 1 aromatic heterocycles. The van der Waals surface area contributed by atoms with Gasteiger partial charge in [-0.1, -0.05) is 6.07 Å². The van der Waals surface area contributed by atoms with E-state index < -0.39 is 0 Å². The number of hydrogen-bond acceptors (Lipinski definition) is 4. The molecule has 0 saturated heterocycles. The summed E-state index contributed by atoms with van der Waals surface area (Å²) in [6, 6.07) is 6.59. The van der Waals surface area contributed by atoms with Crippen LogP contribution in [0.1, 0.15) is 11.3 Å². The molecule has 1 aromatic carbocycles. The molecule has 0 radical (unpaired) electrons. The van der Waals surface area contributed by atoms with Crippen molar-refractivity contribution in [3.63, 3.8) is 0 Å². The van der Waals surface area contributed by atoms with Gasteiger partial charge in [-0.15, -0.1) is 11.3 Å². The van der Waals surface area contributed by atoms with Crippen LogP contribution in [0.4, 0.5) is 16.5 Å². The maximum absolute atomic E-state index is 4.50. The fourth-order valence-electron chi connectivity index (χ4n) is 2.09. The lowest BCUT2D eigenvalue weighted by Gasteiger charge is -2.16. The molecule has 4 heteroatoms. The van der Waals surface area contributed by atoms with Crippen molar-refractivity contribution in [2.45, 2.75) is 13.3 Å². The predicted octanol–water partition coefficient (Wildman–Crippen LogP) is 3.19. The summed E-state index contributed by atoms with van der Waals surface area (Å²) < 4.78 is 0. The third kappa shape index (κ3) is 1.89. The van der Waals surface area contributed by atoms with Gasteiger partial charge in [0.15, 0.2) is 5.13 Å². The largest absolute Gasteiger partial charge is 0.384 e. The maximum atomic E-state index is 4.50. The quantitative estimate of drug-likeness (QED) is 0.880. The van der Waals surface area contributed by atoms with E-state index in [-0.39, 0.29) is 0 Å². The molecule has 3 rings (SSSR count). The number of thiazole rings is 1. The van der Waals surface area contributed by atoms with Crippen LogP contribution in [0.5, 0.6) is 0 Å². The number of aryl methyl sites for hydroxylation is 1. The minimum Gasteiger partial charge on any atom is -0.384 e. The van der Waals surface area contributed by atoms with E-state index in [0.29, 0.717) is 0 Å². The van der Waals surface area contributed by atoms with Gasteiger partial charge in [-0.3, -0.25) is 0 Å². The molecule has 0 unspecified atom stereocenters. The minimum absolute atomic E-state index is 1.04. The Bertz CT molecular complexity index is 547. The second-order valence-electron chi connectivity index (χ2n) is 4.35. The van der Waals surface area contributed by atoms with Crippen molar-refractivity contribution < 1.29 is 0 Å². The lowest BCUT2D eigenvalue weighted by atomic mass is 10.1. The van der Waals surface area contributed by atoms with Gasteiger partial charge in [0.05, 0.1) is 5.69 Å². The number of rotatable bonds is 2. The van der Waals surface area contributed by atoms with Crippen molar-refractivity contribution in [2.75, 3.05) is 23.8 Å². The van der Waals surface area contributed by atoms with Crippen LogP contribution in [0.3, 0.4) is 0 Å². The molecule has 0 fully saturated rings. The first-order chi connectivity index (χ1) is 8.24. The Hall–Kier alpha value is -1.55. The van der Waals surface area contributed by atoms with Crippen LogP contribution in [0, 0.1) is 6.92 Å². The Morgan fingerprint density at radius 3 is 3.06 bits per heavy atom. The highest BCUT2D eigenvalue weighted by atomic mass is 32.1. The molecule has 17 heavy (non-hydrogen) atoms. The second-order valence-corrected chi connectivity index (χ2v) is 5.19. The summed E-state index contributed by atoms with van der Waals surface area (Å²) >= 11 is 1.68. The van der Waals surface area contributed by atoms with Gasteiger partial charge in [0.1, 0.15) is 0 Å². The molecular weight excluding hydrogens is 230 g/mol. The zero-order valence-electron chi connectivity index (χ0n) is 10.0. The minimum atomic E-state index is 1.04. The number of aromatic nitrogens is 1. The van der Waals surface area contributed by atoms with Crippen molar-refractivity contribution in [3.05, 3.63) is 34.8 Å². The maximum Gasteiger partial charge on any atom is 0.189 e. The average Bonchev–Trinajstić information content (AvgIpc) is 2.95. The number of fused-ring (bicyclic) bond motifs is 1. The molecule has 1 aliphatic heterocycles. The number of nitrogens with zero attached hydrogens (tertiary/aromatic N) is 2. The normalized spacial score (nSPS) is 13.3. The summed E-state index contributed by atoms with van der Waals surface area (Å²) in [6.07, 6.45) is 1.13. The first kappa shape index (κ1) is 10.6. The van der Waals surface area contributed by atoms with Crippen LogP contribution < -0.4 is 10.2 Å². The van der Waals surface area contributed by atoms with Crippen LogP contribution in [-0.2, 0) is 6.42 Å². The molecule has 0 spiro atoms. The van der Waals surface area contributed by atoms with Crippen molar-refractivity contribution in [1.29, 1.82) is 0 Å². The van der Waals surface area contributed by atoms with E-state index in [1.807, 2.05) is 6.92 Å². The number of hydrogen-bond donors (Lipinski definition) is 1. The number of nitrogens with one attached hydrogen (secondary N) is 1. The third-order valence-corrected chi connectivity index (χ3v) is 4.12. The van der Waals surface area contributed by atoms with E-state index in [4.69, 9.17) is 0 Å². The molecule has 0 aliphatic carbocycles. The van der Waals surface area contributed by atoms with Crippen molar-refractivity contribution in [1.82, 2.24) is 4.98 Å². The van der Waals surface area contributed by atoms with E-state index in [1.54, 1.807) is 11.3 Å². The monoisotopic (exact) mass is 245 g/mol. The van der Waals surface area contributed by atoms with E-state index in [0.717, 1.165) is 23.8 Å². The summed E-state index contributed by atoms with van der Waals surface area (Å²) in [5.74, 6) is 0. The molecule has 0 atom stereocenters. The Morgan fingerprint density at radius 1 is 1.41 bits per heavy atom. The molecule has 2 heterocycles. The summed E-state index contributed by atoms with van der Waals surface area (Å²) in [4.78, 5) is 6.64. The van der Waals surface area contributed by atoms with Crippen LogP contribution in [0.25, 0.3) is 0 Å². The van der Waals surface area contributed by atoms with Crippen LogP contribution in [0.15, 0.2) is 23.6 Å². The fraction of sp³-hybridized carbons (Fsp3) is 0.308.